The van der Waals surface area contributed by atoms with E-state index in [9.17, 15) is 14.9 Å². The second kappa shape index (κ2) is 8.55. The van der Waals surface area contributed by atoms with Gasteiger partial charge in [0.25, 0.3) is 5.69 Å². The topological polar surface area (TPSA) is 83.7 Å². The number of carbonyl (C=O) groups is 1. The van der Waals surface area contributed by atoms with E-state index >= 15 is 0 Å². The summed E-state index contributed by atoms with van der Waals surface area (Å²) in [6, 6.07) is 4.67. The summed E-state index contributed by atoms with van der Waals surface area (Å²) in [6.45, 7) is 6.36. The number of hydrogen-bond donors (Lipinski definition) is 2. The Labute approximate surface area is 135 Å². The van der Waals surface area contributed by atoms with E-state index in [-0.39, 0.29) is 10.9 Å². The number of likely N-dealkylation sites (N-methyl/N-ethyl adjacent to an activating group) is 1. The van der Waals surface area contributed by atoms with Gasteiger partial charge in [-0.05, 0) is 24.7 Å². The maximum absolute atomic E-state index is 11.3. The van der Waals surface area contributed by atoms with E-state index in [0.717, 1.165) is 19.2 Å². The third-order valence-electron chi connectivity index (χ3n) is 3.35. The molecule has 22 heavy (non-hydrogen) atoms. The van der Waals surface area contributed by atoms with Crippen molar-refractivity contribution in [3.8, 4) is 0 Å². The highest BCUT2D eigenvalue weighted by Gasteiger charge is 2.21. The van der Waals surface area contributed by atoms with Gasteiger partial charge in [-0.1, -0.05) is 26.0 Å². The predicted molar refractivity (Wildman–Crippen MR) is 89.3 cm³/mol. The molecule has 0 spiro atoms. The van der Waals surface area contributed by atoms with Crippen LogP contribution in [0.3, 0.4) is 0 Å². The Morgan fingerprint density at radius 2 is 2.09 bits per heavy atom. The van der Waals surface area contributed by atoms with Gasteiger partial charge in [0.05, 0.1) is 4.92 Å². The molecule has 0 aliphatic heterocycles. The lowest BCUT2D eigenvalue weighted by atomic mass is 10.0. The second-order valence-corrected chi connectivity index (χ2v) is 5.37. The normalized spacial score (nSPS) is 12.7. The highest BCUT2D eigenvalue weighted by atomic mass is 32.1. The van der Waals surface area contributed by atoms with Crippen molar-refractivity contribution < 1.29 is 14.8 Å². The van der Waals surface area contributed by atoms with E-state index in [0.29, 0.717) is 17.7 Å². The van der Waals surface area contributed by atoms with Crippen molar-refractivity contribution in [3.63, 3.8) is 0 Å². The predicted octanol–water partition coefficient (Wildman–Crippen LogP) is 3.01. The first-order valence-corrected chi connectivity index (χ1v) is 7.50. The van der Waals surface area contributed by atoms with Crippen LogP contribution in [0.5, 0.6) is 0 Å². The van der Waals surface area contributed by atoms with Crippen LogP contribution >= 0.6 is 12.6 Å². The minimum atomic E-state index is -1.10. The Morgan fingerprint density at radius 3 is 2.59 bits per heavy atom. The van der Waals surface area contributed by atoms with Gasteiger partial charge in [0.15, 0.2) is 0 Å². The van der Waals surface area contributed by atoms with Gasteiger partial charge in [-0.15, -0.1) is 0 Å². The number of nitro groups is 1. The molecule has 0 bridgehead atoms. The number of carboxylic acids is 1. The summed E-state index contributed by atoms with van der Waals surface area (Å²) in [7, 11) is 0. The summed E-state index contributed by atoms with van der Waals surface area (Å²) in [5.41, 5.74) is 0.966. The number of thiol groups is 1. The first kappa shape index (κ1) is 18.2. The van der Waals surface area contributed by atoms with Crippen molar-refractivity contribution in [2.45, 2.75) is 19.1 Å². The molecular weight excluding hydrogens is 304 g/mol. The van der Waals surface area contributed by atoms with Crippen LogP contribution in [0.25, 0.3) is 6.08 Å². The highest BCUT2D eigenvalue weighted by Crippen LogP contribution is 2.31. The van der Waals surface area contributed by atoms with Crippen LogP contribution < -0.4 is 0 Å². The zero-order valence-electron chi connectivity index (χ0n) is 12.6. The van der Waals surface area contributed by atoms with Crippen molar-refractivity contribution in [2.75, 3.05) is 19.6 Å². The Bertz CT molecular complexity index is 571. The third kappa shape index (κ3) is 5.16. The molecular formula is C15H20N2O4S. The van der Waals surface area contributed by atoms with Gasteiger partial charge in [-0.25, -0.2) is 4.79 Å². The van der Waals surface area contributed by atoms with Gasteiger partial charge in [0.2, 0.25) is 0 Å². The van der Waals surface area contributed by atoms with Crippen LogP contribution in [0, 0.1) is 10.1 Å². The standard InChI is InChI=1S/C15H20N2O4S/c1-3-16(4-2)10-14(22)12-7-5-11(6-8-15(18)19)9-13(12)17(20)21/h5-9,14,22H,3-4,10H2,1-2H3,(H,18,19)/b8-6+. The monoisotopic (exact) mass is 324 g/mol. The first-order valence-electron chi connectivity index (χ1n) is 6.98. The molecule has 0 heterocycles. The van der Waals surface area contributed by atoms with E-state index in [1.165, 1.54) is 12.1 Å². The van der Waals surface area contributed by atoms with Gasteiger partial charge >= 0.3 is 5.97 Å². The van der Waals surface area contributed by atoms with Crippen LogP contribution in [0.15, 0.2) is 24.3 Å². The zero-order chi connectivity index (χ0) is 16.7. The molecule has 1 aromatic carbocycles. The molecule has 0 radical (unpaired) electrons. The molecule has 0 saturated carbocycles. The minimum Gasteiger partial charge on any atom is -0.478 e. The molecule has 0 aliphatic carbocycles. The van der Waals surface area contributed by atoms with Gasteiger partial charge < -0.3 is 10.0 Å². The summed E-state index contributed by atoms with van der Waals surface area (Å²) in [6.07, 6.45) is 2.28. The smallest absolute Gasteiger partial charge is 0.328 e. The summed E-state index contributed by atoms with van der Waals surface area (Å²) in [5.74, 6) is -1.10. The summed E-state index contributed by atoms with van der Waals surface area (Å²) in [5, 5.41) is 19.6. The Morgan fingerprint density at radius 1 is 1.45 bits per heavy atom. The van der Waals surface area contributed by atoms with Crippen molar-refractivity contribution in [2.24, 2.45) is 0 Å². The van der Waals surface area contributed by atoms with Crippen LogP contribution in [0.1, 0.15) is 30.2 Å². The SMILES string of the molecule is CCN(CC)CC(S)c1ccc(/C=C/C(=O)O)cc1[N+](=O)[O-]. The molecule has 120 valence electrons. The lowest BCUT2D eigenvalue weighted by molar-refractivity contribution is -0.385. The van der Waals surface area contributed by atoms with E-state index < -0.39 is 10.9 Å². The Balaban J connectivity index is 3.09. The average Bonchev–Trinajstić information content (AvgIpc) is 2.49. The number of carboxylic acid groups (broad SMARTS) is 1. The molecule has 7 heteroatoms. The molecule has 1 aromatic rings. The number of nitrogens with zero attached hydrogens (tertiary/aromatic N) is 2. The number of benzene rings is 1. The third-order valence-corrected chi connectivity index (χ3v) is 3.80. The van der Waals surface area contributed by atoms with Crippen molar-refractivity contribution in [3.05, 3.63) is 45.5 Å². The van der Waals surface area contributed by atoms with Crippen molar-refractivity contribution in [1.29, 1.82) is 0 Å². The maximum atomic E-state index is 11.3. The minimum absolute atomic E-state index is 0.0419. The molecule has 1 atom stereocenters. The van der Waals surface area contributed by atoms with Crippen molar-refractivity contribution in [1.82, 2.24) is 4.90 Å². The van der Waals surface area contributed by atoms with Gasteiger partial charge in [0.1, 0.15) is 0 Å². The Hall–Kier alpha value is -1.86. The molecule has 1 rings (SSSR count). The molecule has 1 N–H and O–H groups in total. The number of rotatable bonds is 8. The van der Waals surface area contributed by atoms with Gasteiger partial charge in [0, 0.05) is 29.5 Å². The van der Waals surface area contributed by atoms with Crippen LogP contribution in [-0.4, -0.2) is 40.5 Å². The lowest BCUT2D eigenvalue weighted by Gasteiger charge is -2.22. The van der Waals surface area contributed by atoms with Crippen LogP contribution in [-0.2, 0) is 4.79 Å². The molecule has 0 aromatic heterocycles. The molecule has 0 saturated heterocycles. The second-order valence-electron chi connectivity index (χ2n) is 4.75. The number of aliphatic carboxylic acids is 1. The van der Waals surface area contributed by atoms with Gasteiger partial charge in [-0.3, -0.25) is 10.1 Å². The number of nitro benzene ring substituents is 1. The molecule has 1 unspecified atom stereocenters. The van der Waals surface area contributed by atoms with Gasteiger partial charge in [-0.2, -0.15) is 12.6 Å². The molecule has 6 nitrogen and oxygen atoms in total. The fourth-order valence-electron chi connectivity index (χ4n) is 2.10. The quantitative estimate of drug-likeness (QED) is 0.332. The number of hydrogen-bond acceptors (Lipinski definition) is 5. The summed E-state index contributed by atoms with van der Waals surface area (Å²) in [4.78, 5) is 23.5. The largest absolute Gasteiger partial charge is 0.478 e. The van der Waals surface area contributed by atoms with Crippen LogP contribution in [0.4, 0.5) is 5.69 Å². The molecule has 0 aliphatic rings. The van der Waals surface area contributed by atoms with E-state index in [2.05, 4.69) is 17.5 Å². The Kier molecular flexibility index (Phi) is 7.07. The molecule has 0 fully saturated rings. The first-order chi connectivity index (χ1) is 10.4. The lowest BCUT2D eigenvalue weighted by Crippen LogP contribution is -2.26. The van der Waals surface area contributed by atoms with E-state index in [1.54, 1.807) is 12.1 Å². The fourth-order valence-corrected chi connectivity index (χ4v) is 2.55. The van der Waals surface area contributed by atoms with Crippen LogP contribution in [0.2, 0.25) is 0 Å². The summed E-state index contributed by atoms with van der Waals surface area (Å²) < 4.78 is 0. The molecule has 0 amide bonds. The summed E-state index contributed by atoms with van der Waals surface area (Å²) >= 11 is 4.49. The maximum Gasteiger partial charge on any atom is 0.328 e. The van der Waals surface area contributed by atoms with E-state index in [4.69, 9.17) is 5.11 Å². The fraction of sp³-hybridized carbons (Fsp3) is 0.400. The zero-order valence-corrected chi connectivity index (χ0v) is 13.5. The van der Waals surface area contributed by atoms with Crippen molar-refractivity contribution >= 4 is 30.4 Å². The highest BCUT2D eigenvalue weighted by molar-refractivity contribution is 7.80. The van der Waals surface area contributed by atoms with E-state index in [1.807, 2.05) is 13.8 Å². The average molecular weight is 324 g/mol.